The number of nitrogens with zero attached hydrogens (tertiary/aromatic N) is 3. The van der Waals surface area contributed by atoms with E-state index in [1.54, 1.807) is 23.2 Å². The summed E-state index contributed by atoms with van der Waals surface area (Å²) in [5, 5.41) is 7.03. The van der Waals surface area contributed by atoms with Crippen LogP contribution in [0.1, 0.15) is 19.3 Å². The third-order valence-electron chi connectivity index (χ3n) is 4.81. The molecule has 1 saturated carbocycles. The van der Waals surface area contributed by atoms with Gasteiger partial charge in [0.1, 0.15) is 5.82 Å². The van der Waals surface area contributed by atoms with Crippen LogP contribution in [0.25, 0.3) is 5.69 Å². The monoisotopic (exact) mass is 315 g/mol. The minimum atomic E-state index is -0.315. The third-order valence-corrected chi connectivity index (χ3v) is 4.81. The van der Waals surface area contributed by atoms with Crippen molar-refractivity contribution in [2.24, 2.45) is 5.41 Å². The Morgan fingerprint density at radius 1 is 1.26 bits per heavy atom. The van der Waals surface area contributed by atoms with Gasteiger partial charge in [-0.25, -0.2) is 13.9 Å². The van der Waals surface area contributed by atoms with E-state index in [0.29, 0.717) is 22.6 Å². The highest BCUT2D eigenvalue weighted by atomic mass is 19.1. The molecule has 1 aromatic heterocycles. The number of carbonyl (C=O) groups is 1. The maximum atomic E-state index is 13.0. The van der Waals surface area contributed by atoms with Gasteiger partial charge in [-0.3, -0.25) is 5.32 Å². The lowest BCUT2D eigenvalue weighted by atomic mass is 9.64. The number of nitrogen functional groups attached to an aromatic ring is 1. The van der Waals surface area contributed by atoms with Gasteiger partial charge in [0, 0.05) is 18.5 Å². The molecule has 2 aromatic rings. The zero-order valence-electron chi connectivity index (χ0n) is 12.6. The van der Waals surface area contributed by atoms with Gasteiger partial charge in [-0.15, -0.1) is 5.10 Å². The first-order valence-electron chi connectivity index (χ1n) is 7.72. The van der Waals surface area contributed by atoms with Gasteiger partial charge in [0.15, 0.2) is 5.82 Å². The van der Waals surface area contributed by atoms with Crippen LogP contribution in [0.2, 0.25) is 0 Å². The third kappa shape index (κ3) is 2.42. The molecule has 4 rings (SSSR count). The van der Waals surface area contributed by atoms with Gasteiger partial charge in [-0.1, -0.05) is 6.42 Å². The molecule has 1 spiro atoms. The molecule has 1 saturated heterocycles. The van der Waals surface area contributed by atoms with Gasteiger partial charge in [0.25, 0.3) is 0 Å². The molecule has 2 heterocycles. The molecule has 23 heavy (non-hydrogen) atoms. The van der Waals surface area contributed by atoms with Crippen LogP contribution in [-0.4, -0.2) is 33.8 Å². The fraction of sp³-hybridized carbons (Fsp3) is 0.375. The summed E-state index contributed by atoms with van der Waals surface area (Å²) in [6.45, 7) is 1.63. The molecule has 0 bridgehead atoms. The minimum Gasteiger partial charge on any atom is -0.394 e. The Balaban J connectivity index is 1.45. The van der Waals surface area contributed by atoms with Gasteiger partial charge in [-0.2, -0.15) is 0 Å². The summed E-state index contributed by atoms with van der Waals surface area (Å²) in [7, 11) is 0. The summed E-state index contributed by atoms with van der Waals surface area (Å²) in [6.07, 6.45) is 5.31. The molecule has 1 aromatic carbocycles. The molecule has 0 radical (unpaired) electrons. The lowest BCUT2D eigenvalue weighted by Crippen LogP contribution is -2.62. The molecule has 7 heteroatoms. The topological polar surface area (TPSA) is 76.2 Å². The van der Waals surface area contributed by atoms with Crippen molar-refractivity contribution >= 4 is 17.5 Å². The quantitative estimate of drug-likeness (QED) is 0.894. The largest absolute Gasteiger partial charge is 0.394 e. The Kier molecular flexibility index (Phi) is 3.04. The van der Waals surface area contributed by atoms with Crippen LogP contribution in [-0.2, 0) is 0 Å². The van der Waals surface area contributed by atoms with Crippen LogP contribution < -0.4 is 11.1 Å². The smallest absolute Gasteiger partial charge is 0.323 e. The Morgan fingerprint density at radius 2 is 1.96 bits per heavy atom. The summed E-state index contributed by atoms with van der Waals surface area (Å²) in [5.41, 5.74) is 7.36. The van der Waals surface area contributed by atoms with Gasteiger partial charge >= 0.3 is 6.03 Å². The summed E-state index contributed by atoms with van der Waals surface area (Å²) < 4.78 is 14.5. The number of nitrogens with two attached hydrogens (primary N) is 1. The molecule has 2 amide bonds. The van der Waals surface area contributed by atoms with Gasteiger partial charge in [-0.05, 0) is 37.1 Å². The Bertz CT molecular complexity index is 742. The van der Waals surface area contributed by atoms with Crippen LogP contribution in [0, 0.1) is 11.2 Å². The number of rotatable bonds is 2. The second-order valence-electron chi connectivity index (χ2n) is 6.49. The zero-order valence-corrected chi connectivity index (χ0v) is 12.6. The van der Waals surface area contributed by atoms with Crippen molar-refractivity contribution in [1.29, 1.82) is 0 Å². The van der Waals surface area contributed by atoms with Crippen molar-refractivity contribution in [2.45, 2.75) is 19.3 Å². The number of urea groups is 1. The van der Waals surface area contributed by atoms with Gasteiger partial charge < -0.3 is 10.6 Å². The Hall–Kier alpha value is -2.57. The first kappa shape index (κ1) is 14.0. The summed E-state index contributed by atoms with van der Waals surface area (Å²) in [5.74, 6) is 0.0130. The molecule has 0 unspecified atom stereocenters. The van der Waals surface area contributed by atoms with E-state index in [9.17, 15) is 9.18 Å². The molecule has 120 valence electrons. The molecular weight excluding hydrogens is 297 g/mol. The maximum Gasteiger partial charge on any atom is 0.323 e. The second kappa shape index (κ2) is 4.97. The van der Waals surface area contributed by atoms with Crippen LogP contribution in [0.4, 0.5) is 20.7 Å². The summed E-state index contributed by atoms with van der Waals surface area (Å²) >= 11 is 0. The van der Waals surface area contributed by atoms with Crippen LogP contribution >= 0.6 is 0 Å². The van der Waals surface area contributed by atoms with Crippen molar-refractivity contribution in [2.75, 3.05) is 24.1 Å². The first-order valence-corrected chi connectivity index (χ1v) is 7.72. The maximum absolute atomic E-state index is 13.0. The average Bonchev–Trinajstić information content (AvgIpc) is 2.78. The number of amides is 2. The first-order chi connectivity index (χ1) is 11.0. The van der Waals surface area contributed by atoms with Gasteiger partial charge in [0.05, 0.1) is 17.6 Å². The molecule has 3 N–H and O–H groups in total. The molecule has 2 fully saturated rings. The SMILES string of the molecule is Nc1cn(-c2ccc(F)cc2)nc1NC(=O)N1CC2(CCC2)C1. The summed E-state index contributed by atoms with van der Waals surface area (Å²) in [4.78, 5) is 14.0. The van der Waals surface area contributed by atoms with Crippen molar-refractivity contribution < 1.29 is 9.18 Å². The zero-order chi connectivity index (χ0) is 16.0. The normalized spacial score (nSPS) is 18.4. The highest BCUT2D eigenvalue weighted by molar-refractivity contribution is 5.91. The van der Waals surface area contributed by atoms with E-state index in [1.165, 1.54) is 36.1 Å². The summed E-state index contributed by atoms with van der Waals surface area (Å²) in [6, 6.07) is 5.73. The van der Waals surface area contributed by atoms with Crippen molar-refractivity contribution in [1.82, 2.24) is 14.7 Å². The average molecular weight is 315 g/mol. The Morgan fingerprint density at radius 3 is 2.57 bits per heavy atom. The number of hydrogen-bond acceptors (Lipinski definition) is 3. The highest BCUT2D eigenvalue weighted by Gasteiger charge is 2.49. The van der Waals surface area contributed by atoms with E-state index in [-0.39, 0.29) is 11.8 Å². The number of aromatic nitrogens is 2. The highest BCUT2D eigenvalue weighted by Crippen LogP contribution is 2.48. The fourth-order valence-electron chi connectivity index (χ4n) is 3.29. The Labute approximate surface area is 133 Å². The van der Waals surface area contributed by atoms with Crippen LogP contribution in [0.5, 0.6) is 0 Å². The van der Waals surface area contributed by atoms with E-state index in [1.807, 2.05) is 0 Å². The molecule has 1 aliphatic heterocycles. The van der Waals surface area contributed by atoms with E-state index in [0.717, 1.165) is 13.1 Å². The lowest BCUT2D eigenvalue weighted by Gasteiger charge is -2.55. The lowest BCUT2D eigenvalue weighted by molar-refractivity contribution is -0.0289. The second-order valence-corrected chi connectivity index (χ2v) is 6.49. The molecular formula is C16H18FN5O. The van der Waals surface area contributed by atoms with Crippen LogP contribution in [0.3, 0.4) is 0 Å². The predicted octanol–water partition coefficient (Wildman–Crippen LogP) is 2.61. The number of benzene rings is 1. The standard InChI is InChI=1S/C16H18FN5O/c17-11-2-4-12(5-3-11)22-8-13(18)14(20-22)19-15(23)21-9-16(10-21)6-1-7-16/h2-5,8H,1,6-7,9-10,18H2,(H,19,20,23). The van der Waals surface area contributed by atoms with Crippen molar-refractivity contribution in [3.05, 3.63) is 36.3 Å². The number of hydrogen-bond donors (Lipinski definition) is 2. The van der Waals surface area contributed by atoms with E-state index in [2.05, 4.69) is 10.4 Å². The van der Waals surface area contributed by atoms with E-state index < -0.39 is 0 Å². The van der Waals surface area contributed by atoms with Crippen LogP contribution in [0.15, 0.2) is 30.5 Å². The van der Waals surface area contributed by atoms with E-state index in [4.69, 9.17) is 5.73 Å². The fourth-order valence-corrected chi connectivity index (χ4v) is 3.29. The number of halogens is 1. The molecule has 1 aliphatic carbocycles. The van der Waals surface area contributed by atoms with Gasteiger partial charge in [0.2, 0.25) is 0 Å². The number of likely N-dealkylation sites (tertiary alicyclic amines) is 1. The number of carbonyl (C=O) groups excluding carboxylic acids is 1. The van der Waals surface area contributed by atoms with Crippen molar-refractivity contribution in [3.8, 4) is 5.69 Å². The molecule has 2 aliphatic rings. The molecule has 0 atom stereocenters. The molecule has 6 nitrogen and oxygen atoms in total. The minimum absolute atomic E-state index is 0.168. The predicted molar refractivity (Wildman–Crippen MR) is 84.8 cm³/mol. The van der Waals surface area contributed by atoms with Crippen molar-refractivity contribution in [3.63, 3.8) is 0 Å². The van der Waals surface area contributed by atoms with E-state index >= 15 is 0 Å². The number of nitrogens with one attached hydrogen (secondary N) is 1. The number of anilines is 2.